The monoisotopic (exact) mass is 356 g/mol. The van der Waals surface area contributed by atoms with Crippen LogP contribution in [0.15, 0.2) is 48.7 Å². The fraction of sp³-hybridized carbons (Fsp3) is 0.263. The quantitative estimate of drug-likeness (QED) is 0.758. The molecule has 2 aromatic carbocycles. The van der Waals surface area contributed by atoms with E-state index in [0.717, 1.165) is 5.39 Å². The van der Waals surface area contributed by atoms with Gasteiger partial charge in [-0.3, -0.25) is 4.79 Å². The zero-order valence-corrected chi connectivity index (χ0v) is 14.0. The van der Waals surface area contributed by atoms with Crippen molar-refractivity contribution in [2.24, 2.45) is 5.73 Å². The number of hydrogen-bond acceptors (Lipinski definition) is 3. The van der Waals surface area contributed by atoms with Gasteiger partial charge in [0.1, 0.15) is 11.7 Å². The molecule has 2 atom stereocenters. The molecule has 134 valence electrons. The van der Waals surface area contributed by atoms with E-state index in [-0.39, 0.29) is 19.5 Å². The summed E-state index contributed by atoms with van der Waals surface area (Å²) < 4.78 is 30.2. The van der Waals surface area contributed by atoms with Gasteiger partial charge < -0.3 is 11.1 Å². The van der Waals surface area contributed by atoms with Crippen LogP contribution in [0.25, 0.3) is 16.6 Å². The predicted molar refractivity (Wildman–Crippen MR) is 94.8 cm³/mol. The molecule has 0 spiro atoms. The molecule has 0 unspecified atom stereocenters. The Morgan fingerprint density at radius 3 is 2.73 bits per heavy atom. The van der Waals surface area contributed by atoms with Crippen molar-refractivity contribution in [2.75, 3.05) is 13.1 Å². The number of hydrogen-bond donors (Lipinski definition) is 2. The molecular weight excluding hydrogens is 338 g/mol. The van der Waals surface area contributed by atoms with Gasteiger partial charge in [0.15, 0.2) is 5.67 Å². The van der Waals surface area contributed by atoms with Crippen molar-refractivity contribution in [1.82, 2.24) is 15.1 Å². The van der Waals surface area contributed by atoms with Crippen molar-refractivity contribution in [1.29, 1.82) is 0 Å². The lowest BCUT2D eigenvalue weighted by molar-refractivity contribution is 0.0711. The van der Waals surface area contributed by atoms with Gasteiger partial charge in [0.2, 0.25) is 0 Å². The summed E-state index contributed by atoms with van der Waals surface area (Å²) in [5.41, 5.74) is 5.69. The summed E-state index contributed by atoms with van der Waals surface area (Å²) in [7, 11) is 0. The number of rotatable bonds is 3. The van der Waals surface area contributed by atoms with Gasteiger partial charge in [0, 0.05) is 31.1 Å². The third-order valence-corrected chi connectivity index (χ3v) is 4.77. The van der Waals surface area contributed by atoms with Crippen LogP contribution in [0, 0.1) is 0 Å². The molecule has 0 bridgehead atoms. The largest absolute Gasteiger partial charge is 0.366 e. The van der Waals surface area contributed by atoms with Crippen molar-refractivity contribution in [3.05, 3.63) is 59.8 Å². The van der Waals surface area contributed by atoms with Gasteiger partial charge in [-0.25, -0.2) is 13.5 Å². The lowest BCUT2D eigenvalue weighted by atomic mass is 9.87. The van der Waals surface area contributed by atoms with E-state index in [1.807, 2.05) is 6.07 Å². The molecule has 26 heavy (non-hydrogen) atoms. The summed E-state index contributed by atoms with van der Waals surface area (Å²) >= 11 is 0. The molecule has 7 heteroatoms. The highest BCUT2D eigenvalue weighted by Gasteiger charge is 2.38. The summed E-state index contributed by atoms with van der Waals surface area (Å²) in [6.07, 6.45) is 0.436. The van der Waals surface area contributed by atoms with Gasteiger partial charge in [0.25, 0.3) is 5.91 Å². The Bertz CT molecular complexity index is 969. The highest BCUT2D eigenvalue weighted by Crippen LogP contribution is 2.34. The van der Waals surface area contributed by atoms with Crippen molar-refractivity contribution in [3.8, 4) is 5.69 Å². The molecular formula is C19H18F2N4O. The van der Waals surface area contributed by atoms with Crippen molar-refractivity contribution < 1.29 is 13.6 Å². The number of piperidine rings is 1. The molecule has 2 heterocycles. The first kappa shape index (κ1) is 16.7. The molecule has 3 aromatic rings. The number of carbonyl (C=O) groups is 1. The maximum Gasteiger partial charge on any atom is 0.250 e. The van der Waals surface area contributed by atoms with Gasteiger partial charge in [-0.2, -0.15) is 5.10 Å². The number of primary amides is 1. The molecule has 0 saturated carbocycles. The van der Waals surface area contributed by atoms with Crippen LogP contribution in [0.2, 0.25) is 0 Å². The average Bonchev–Trinajstić information content (AvgIpc) is 3.05. The highest BCUT2D eigenvalue weighted by molar-refractivity contribution is 6.04. The minimum atomic E-state index is -1.72. The molecule has 0 radical (unpaired) electrons. The second-order valence-electron chi connectivity index (χ2n) is 6.63. The Hall–Kier alpha value is -2.80. The molecule has 3 N–H and O–H groups in total. The number of amides is 1. The van der Waals surface area contributed by atoms with Crippen LogP contribution in [-0.4, -0.2) is 34.9 Å². The number of halogens is 2. The van der Waals surface area contributed by atoms with E-state index >= 15 is 4.39 Å². The molecule has 1 fully saturated rings. The van der Waals surface area contributed by atoms with Crippen molar-refractivity contribution >= 4 is 16.8 Å². The van der Waals surface area contributed by atoms with Crippen molar-refractivity contribution in [3.63, 3.8) is 0 Å². The molecule has 5 nitrogen and oxygen atoms in total. The molecule has 1 saturated heterocycles. The van der Waals surface area contributed by atoms with Gasteiger partial charge in [0.05, 0.1) is 11.3 Å². The van der Waals surface area contributed by atoms with Crippen LogP contribution in [-0.2, 0) is 5.67 Å². The first-order chi connectivity index (χ1) is 12.5. The zero-order chi connectivity index (χ0) is 18.3. The van der Waals surface area contributed by atoms with Crippen molar-refractivity contribution in [2.45, 2.75) is 18.3 Å². The first-order valence-corrected chi connectivity index (χ1v) is 8.39. The topological polar surface area (TPSA) is 72.9 Å². The summed E-state index contributed by atoms with van der Waals surface area (Å²) in [6, 6.07) is 12.0. The molecule has 4 rings (SSSR count). The third-order valence-electron chi connectivity index (χ3n) is 4.77. The minimum Gasteiger partial charge on any atom is -0.366 e. The normalized spacial score (nSPS) is 23.2. The van der Waals surface area contributed by atoms with Gasteiger partial charge in [-0.05, 0) is 23.8 Å². The fourth-order valence-electron chi connectivity index (χ4n) is 3.43. The fourth-order valence-corrected chi connectivity index (χ4v) is 3.43. The lowest BCUT2D eigenvalue weighted by Crippen LogP contribution is -2.45. The Balaban J connectivity index is 1.68. The van der Waals surface area contributed by atoms with E-state index in [1.165, 1.54) is 0 Å². The SMILES string of the molecule is NC(=O)c1cccc2cn(-c3ccc([C@]4(F)CNC[C@H](F)C4)cc3)nc12. The van der Waals surface area contributed by atoms with Gasteiger partial charge in [-0.1, -0.05) is 24.3 Å². The molecule has 1 amide bonds. The number of carbonyl (C=O) groups excluding carboxylic acids is 1. The van der Waals surface area contributed by atoms with Crippen LogP contribution in [0.1, 0.15) is 22.3 Å². The summed E-state index contributed by atoms with van der Waals surface area (Å²) in [4.78, 5) is 11.5. The van der Waals surface area contributed by atoms with E-state index in [9.17, 15) is 9.18 Å². The van der Waals surface area contributed by atoms with Crippen LogP contribution in [0.4, 0.5) is 8.78 Å². The van der Waals surface area contributed by atoms with E-state index < -0.39 is 17.7 Å². The summed E-state index contributed by atoms with van der Waals surface area (Å²) in [5, 5.41) is 8.00. The van der Waals surface area contributed by atoms with Crippen LogP contribution >= 0.6 is 0 Å². The van der Waals surface area contributed by atoms with E-state index in [0.29, 0.717) is 22.3 Å². The Morgan fingerprint density at radius 2 is 2.04 bits per heavy atom. The first-order valence-electron chi connectivity index (χ1n) is 8.39. The third kappa shape index (κ3) is 2.84. The Labute approximate surface area is 148 Å². The smallest absolute Gasteiger partial charge is 0.250 e. The van der Waals surface area contributed by atoms with Crippen LogP contribution in [0.5, 0.6) is 0 Å². The number of aromatic nitrogens is 2. The Morgan fingerprint density at radius 1 is 1.27 bits per heavy atom. The summed E-state index contributed by atoms with van der Waals surface area (Å²) in [5.74, 6) is -0.541. The molecule has 0 aliphatic carbocycles. The molecule has 1 aromatic heterocycles. The van der Waals surface area contributed by atoms with E-state index in [2.05, 4.69) is 10.4 Å². The van der Waals surface area contributed by atoms with Crippen LogP contribution < -0.4 is 11.1 Å². The van der Waals surface area contributed by atoms with Crippen LogP contribution in [0.3, 0.4) is 0 Å². The van der Waals surface area contributed by atoms with E-state index in [4.69, 9.17) is 5.73 Å². The number of nitrogens with zero attached hydrogens (tertiary/aromatic N) is 2. The number of alkyl halides is 2. The maximum absolute atomic E-state index is 15.0. The number of fused-ring (bicyclic) bond motifs is 1. The second-order valence-corrected chi connectivity index (χ2v) is 6.63. The zero-order valence-electron chi connectivity index (χ0n) is 14.0. The van der Waals surface area contributed by atoms with Gasteiger partial charge >= 0.3 is 0 Å². The standard InChI is InChI=1S/C19H18F2N4O/c20-14-8-19(21,11-23-9-14)13-4-6-15(7-5-13)25-10-12-2-1-3-16(18(22)26)17(12)24-25/h1-7,10,14,23H,8-9,11H2,(H2,22,26)/t14-,19-/m1/s1. The minimum absolute atomic E-state index is 0.0976. The summed E-state index contributed by atoms with van der Waals surface area (Å²) in [6.45, 7) is 0.284. The average molecular weight is 356 g/mol. The lowest BCUT2D eigenvalue weighted by Gasteiger charge is -2.32. The Kier molecular flexibility index (Phi) is 3.96. The highest BCUT2D eigenvalue weighted by atomic mass is 19.2. The van der Waals surface area contributed by atoms with E-state index in [1.54, 1.807) is 47.3 Å². The number of nitrogens with two attached hydrogens (primary N) is 1. The number of nitrogens with one attached hydrogen (secondary N) is 1. The number of benzene rings is 2. The molecule has 1 aliphatic rings. The predicted octanol–water partition coefficient (Wildman–Crippen LogP) is 2.62. The molecule has 1 aliphatic heterocycles. The second kappa shape index (κ2) is 6.17. The maximum atomic E-state index is 15.0. The van der Waals surface area contributed by atoms with Gasteiger partial charge in [-0.15, -0.1) is 0 Å².